The molecule has 0 atom stereocenters. The van der Waals surface area contributed by atoms with Crippen LogP contribution in [0.2, 0.25) is 0 Å². The first-order valence-electron chi connectivity index (χ1n) is 10.2. The third-order valence-corrected chi connectivity index (χ3v) is 6.65. The smallest absolute Gasteiger partial charge is 0.263 e. The van der Waals surface area contributed by atoms with E-state index in [9.17, 15) is 8.42 Å². The number of unbranched alkanes of at least 4 members (excludes halogenated alkanes) is 2. The molecule has 1 aromatic heterocycles. The molecule has 0 radical (unpaired) electrons. The number of nitrogens with one attached hydrogen (secondary N) is 1. The van der Waals surface area contributed by atoms with E-state index in [1.165, 1.54) is 0 Å². The lowest BCUT2D eigenvalue weighted by Crippen LogP contribution is -2.29. The van der Waals surface area contributed by atoms with Crippen molar-refractivity contribution in [3.05, 3.63) is 53.0 Å². The molecule has 0 unspecified atom stereocenters. The van der Waals surface area contributed by atoms with Crippen LogP contribution in [0.25, 0.3) is 11.0 Å². The number of aromatic nitrogens is 2. The van der Waals surface area contributed by atoms with Crippen LogP contribution in [0.15, 0.2) is 57.9 Å². The molecule has 0 spiro atoms. The Morgan fingerprint density at radius 2 is 1.47 bits per heavy atom. The number of fused-ring (bicyclic) bond motifs is 1. The lowest BCUT2D eigenvalue weighted by atomic mass is 10.2. The number of halogens is 1. The van der Waals surface area contributed by atoms with Crippen molar-refractivity contribution in [2.75, 3.05) is 22.7 Å². The van der Waals surface area contributed by atoms with Gasteiger partial charge in [-0.1, -0.05) is 54.8 Å². The number of nitrogens with zero attached hydrogens (tertiary/aromatic N) is 3. The molecule has 160 valence electrons. The molecular formula is C22H27BrN4O2S. The second-order valence-corrected chi connectivity index (χ2v) is 9.74. The molecule has 0 aliphatic heterocycles. The summed E-state index contributed by atoms with van der Waals surface area (Å²) in [7, 11) is -3.80. The minimum Gasteiger partial charge on any atom is -0.354 e. The van der Waals surface area contributed by atoms with Gasteiger partial charge in [0.1, 0.15) is 0 Å². The summed E-state index contributed by atoms with van der Waals surface area (Å²) in [6.45, 7) is 5.88. The number of rotatable bonds is 10. The molecule has 0 saturated carbocycles. The Kier molecular flexibility index (Phi) is 7.66. The van der Waals surface area contributed by atoms with Crippen molar-refractivity contribution in [2.24, 2.45) is 0 Å². The van der Waals surface area contributed by atoms with Gasteiger partial charge in [-0.3, -0.25) is 4.72 Å². The molecule has 0 aliphatic rings. The number of para-hydroxylation sites is 2. The molecule has 0 amide bonds. The molecule has 2 aromatic carbocycles. The van der Waals surface area contributed by atoms with Crippen molar-refractivity contribution in [1.29, 1.82) is 0 Å². The zero-order valence-electron chi connectivity index (χ0n) is 17.3. The van der Waals surface area contributed by atoms with Crippen molar-refractivity contribution >= 4 is 48.6 Å². The molecule has 30 heavy (non-hydrogen) atoms. The van der Waals surface area contributed by atoms with Crippen molar-refractivity contribution < 1.29 is 8.42 Å². The molecule has 1 N–H and O–H groups in total. The standard InChI is InChI=1S/C22H27BrN4O2S/c1-3-5-15-27(16-6-4-2)22-21(24-19-9-7-8-10-20(19)25-22)26-30(28,29)18-13-11-17(23)12-14-18/h7-14H,3-6,15-16H2,1-2H3,(H,24,26). The number of sulfonamides is 1. The minimum atomic E-state index is -3.80. The van der Waals surface area contributed by atoms with Crippen LogP contribution in [-0.2, 0) is 10.0 Å². The van der Waals surface area contributed by atoms with Gasteiger partial charge < -0.3 is 4.90 Å². The van der Waals surface area contributed by atoms with E-state index in [0.717, 1.165) is 48.8 Å². The van der Waals surface area contributed by atoms with Crippen LogP contribution < -0.4 is 9.62 Å². The zero-order chi connectivity index (χ0) is 21.6. The van der Waals surface area contributed by atoms with Crippen LogP contribution >= 0.6 is 15.9 Å². The predicted molar refractivity (Wildman–Crippen MR) is 127 cm³/mol. The number of hydrogen-bond acceptors (Lipinski definition) is 5. The third kappa shape index (κ3) is 5.49. The van der Waals surface area contributed by atoms with Gasteiger partial charge in [0.05, 0.1) is 15.9 Å². The van der Waals surface area contributed by atoms with Crippen molar-refractivity contribution in [2.45, 2.75) is 44.4 Å². The largest absolute Gasteiger partial charge is 0.354 e. The Morgan fingerprint density at radius 3 is 2.03 bits per heavy atom. The molecule has 0 saturated heterocycles. The third-order valence-electron chi connectivity index (χ3n) is 4.77. The summed E-state index contributed by atoms with van der Waals surface area (Å²) in [5.41, 5.74) is 1.40. The fourth-order valence-corrected chi connectivity index (χ4v) is 4.37. The Hall–Kier alpha value is -2.19. The van der Waals surface area contributed by atoms with Gasteiger partial charge in [-0.15, -0.1) is 0 Å². The summed E-state index contributed by atoms with van der Waals surface area (Å²) in [5.74, 6) is 0.847. The van der Waals surface area contributed by atoms with E-state index in [4.69, 9.17) is 4.98 Å². The number of hydrogen-bond donors (Lipinski definition) is 1. The molecule has 8 heteroatoms. The van der Waals surface area contributed by atoms with Crippen LogP contribution in [0.1, 0.15) is 39.5 Å². The van der Waals surface area contributed by atoms with Gasteiger partial charge in [-0.25, -0.2) is 18.4 Å². The monoisotopic (exact) mass is 490 g/mol. The zero-order valence-corrected chi connectivity index (χ0v) is 19.7. The highest BCUT2D eigenvalue weighted by Crippen LogP contribution is 2.28. The van der Waals surface area contributed by atoms with Crippen LogP contribution in [0.3, 0.4) is 0 Å². The maximum absolute atomic E-state index is 13.0. The van der Waals surface area contributed by atoms with E-state index in [-0.39, 0.29) is 10.7 Å². The van der Waals surface area contributed by atoms with E-state index < -0.39 is 10.0 Å². The molecule has 3 aromatic rings. The van der Waals surface area contributed by atoms with Gasteiger partial charge in [0.25, 0.3) is 10.0 Å². The molecule has 3 rings (SSSR count). The van der Waals surface area contributed by atoms with Gasteiger partial charge in [0.15, 0.2) is 11.6 Å². The van der Waals surface area contributed by atoms with Crippen molar-refractivity contribution in [3.63, 3.8) is 0 Å². The fourth-order valence-electron chi connectivity index (χ4n) is 3.10. The maximum Gasteiger partial charge on any atom is 0.263 e. The molecule has 0 aliphatic carbocycles. The lowest BCUT2D eigenvalue weighted by Gasteiger charge is -2.26. The average Bonchev–Trinajstić information content (AvgIpc) is 2.74. The molecule has 0 fully saturated rings. The lowest BCUT2D eigenvalue weighted by molar-refractivity contribution is 0.601. The second kappa shape index (κ2) is 10.2. The fraction of sp³-hybridized carbons (Fsp3) is 0.364. The Balaban J connectivity index is 2.06. The van der Waals surface area contributed by atoms with Gasteiger partial charge in [-0.05, 0) is 49.2 Å². The van der Waals surface area contributed by atoms with E-state index in [2.05, 4.69) is 44.4 Å². The normalized spacial score (nSPS) is 11.6. The molecular weight excluding hydrogens is 464 g/mol. The van der Waals surface area contributed by atoms with Gasteiger partial charge in [0.2, 0.25) is 0 Å². The van der Waals surface area contributed by atoms with Gasteiger partial charge >= 0.3 is 0 Å². The predicted octanol–water partition coefficient (Wildman–Crippen LogP) is 5.60. The first-order chi connectivity index (χ1) is 14.4. The van der Waals surface area contributed by atoms with Gasteiger partial charge in [0, 0.05) is 17.6 Å². The highest BCUT2D eigenvalue weighted by atomic mass is 79.9. The van der Waals surface area contributed by atoms with E-state index >= 15 is 0 Å². The summed E-state index contributed by atoms with van der Waals surface area (Å²) >= 11 is 3.34. The summed E-state index contributed by atoms with van der Waals surface area (Å²) in [4.78, 5) is 11.8. The molecule has 1 heterocycles. The van der Waals surface area contributed by atoms with Crippen LogP contribution in [0.5, 0.6) is 0 Å². The topological polar surface area (TPSA) is 75.2 Å². The quantitative estimate of drug-likeness (QED) is 0.400. The second-order valence-electron chi connectivity index (χ2n) is 7.14. The van der Waals surface area contributed by atoms with Crippen LogP contribution in [0.4, 0.5) is 11.6 Å². The van der Waals surface area contributed by atoms with Gasteiger partial charge in [-0.2, -0.15) is 0 Å². The Morgan fingerprint density at radius 1 is 0.900 bits per heavy atom. The van der Waals surface area contributed by atoms with E-state index in [0.29, 0.717) is 11.3 Å². The summed E-state index contributed by atoms with van der Waals surface area (Å²) in [6.07, 6.45) is 4.08. The average molecular weight is 491 g/mol. The number of benzene rings is 2. The van der Waals surface area contributed by atoms with Crippen molar-refractivity contribution in [1.82, 2.24) is 9.97 Å². The Labute approximate surface area is 186 Å². The van der Waals surface area contributed by atoms with Crippen molar-refractivity contribution in [3.8, 4) is 0 Å². The minimum absolute atomic E-state index is 0.181. The highest BCUT2D eigenvalue weighted by Gasteiger charge is 2.21. The molecule has 6 nitrogen and oxygen atoms in total. The van der Waals surface area contributed by atoms with Crippen LogP contribution in [-0.4, -0.2) is 31.5 Å². The summed E-state index contributed by atoms with van der Waals surface area (Å²) in [6, 6.07) is 14.1. The Bertz CT molecular complexity index is 1080. The first-order valence-corrected chi connectivity index (χ1v) is 12.5. The first kappa shape index (κ1) is 22.5. The van der Waals surface area contributed by atoms with E-state index in [1.54, 1.807) is 24.3 Å². The maximum atomic E-state index is 13.0. The highest BCUT2D eigenvalue weighted by molar-refractivity contribution is 9.10. The number of anilines is 2. The summed E-state index contributed by atoms with van der Waals surface area (Å²) < 4.78 is 29.6. The molecule has 0 bridgehead atoms. The SMILES string of the molecule is CCCCN(CCCC)c1nc2ccccc2nc1NS(=O)(=O)c1ccc(Br)cc1. The summed E-state index contributed by atoms with van der Waals surface area (Å²) in [5, 5.41) is 0. The van der Waals surface area contributed by atoms with E-state index in [1.807, 2.05) is 24.3 Å². The van der Waals surface area contributed by atoms with Crippen LogP contribution in [0, 0.1) is 0 Å².